The second kappa shape index (κ2) is 5.96. The Labute approximate surface area is 140 Å². The summed E-state index contributed by atoms with van der Waals surface area (Å²) < 4.78 is 33.9. The van der Waals surface area contributed by atoms with Crippen molar-refractivity contribution >= 4 is 10.0 Å². The van der Waals surface area contributed by atoms with Crippen LogP contribution < -0.4 is 0 Å². The molecule has 2 fully saturated rings. The van der Waals surface area contributed by atoms with Gasteiger partial charge in [-0.3, -0.25) is 0 Å². The first-order valence-corrected chi connectivity index (χ1v) is 9.77. The van der Waals surface area contributed by atoms with Gasteiger partial charge >= 0.3 is 0 Å². The van der Waals surface area contributed by atoms with E-state index in [4.69, 9.17) is 4.52 Å². The summed E-state index contributed by atoms with van der Waals surface area (Å²) >= 11 is 0. The fraction of sp³-hybridized carbons (Fsp3) is 0.667. The summed E-state index contributed by atoms with van der Waals surface area (Å²) in [5, 5.41) is 4.16. The Morgan fingerprint density at radius 2 is 2.17 bits per heavy atom. The molecular weight excluding hydrogens is 330 g/mol. The molecule has 2 aromatic heterocycles. The number of sulfonamides is 1. The van der Waals surface area contributed by atoms with Crippen LogP contribution in [0.4, 0.5) is 0 Å². The zero-order valence-corrected chi connectivity index (χ0v) is 14.4. The topological polar surface area (TPSA) is 94.1 Å². The predicted octanol–water partition coefficient (Wildman–Crippen LogP) is 1.32. The molecule has 2 aromatic rings. The Bertz CT molecular complexity index is 824. The minimum atomic E-state index is -3.53. The van der Waals surface area contributed by atoms with Gasteiger partial charge in [0, 0.05) is 38.7 Å². The van der Waals surface area contributed by atoms with Crippen molar-refractivity contribution in [2.45, 2.75) is 43.0 Å². The van der Waals surface area contributed by atoms with Gasteiger partial charge in [0.1, 0.15) is 0 Å². The van der Waals surface area contributed by atoms with E-state index >= 15 is 0 Å². The molecule has 130 valence electrons. The normalized spacial score (nSPS) is 22.8. The highest BCUT2D eigenvalue weighted by molar-refractivity contribution is 7.89. The SMILES string of the molecule is Cn1cnc(S(=O)(=O)N2CCCC(Cc3noc(C4CC4)n3)C2)c1. The molecule has 3 heterocycles. The van der Waals surface area contributed by atoms with E-state index in [9.17, 15) is 8.42 Å². The van der Waals surface area contributed by atoms with E-state index in [0.29, 0.717) is 31.3 Å². The van der Waals surface area contributed by atoms with Gasteiger partial charge in [-0.15, -0.1) is 0 Å². The third-order valence-corrected chi connectivity index (χ3v) is 6.40. The number of aromatic nitrogens is 4. The molecule has 0 N–H and O–H groups in total. The Morgan fingerprint density at radius 3 is 2.88 bits per heavy atom. The van der Waals surface area contributed by atoms with Crippen molar-refractivity contribution in [2.75, 3.05) is 13.1 Å². The lowest BCUT2D eigenvalue weighted by Gasteiger charge is -2.30. The molecule has 0 spiro atoms. The predicted molar refractivity (Wildman–Crippen MR) is 84.7 cm³/mol. The summed E-state index contributed by atoms with van der Waals surface area (Å²) in [6.07, 6.45) is 7.77. The van der Waals surface area contributed by atoms with Gasteiger partial charge in [-0.05, 0) is 31.6 Å². The van der Waals surface area contributed by atoms with E-state index in [2.05, 4.69) is 15.1 Å². The minimum absolute atomic E-state index is 0.112. The number of imidazole rings is 1. The van der Waals surface area contributed by atoms with Crippen LogP contribution in [0.1, 0.15) is 43.3 Å². The summed E-state index contributed by atoms with van der Waals surface area (Å²) in [7, 11) is -1.76. The second-order valence-corrected chi connectivity index (χ2v) is 8.66. The van der Waals surface area contributed by atoms with Crippen LogP contribution in [0.25, 0.3) is 0 Å². The summed E-state index contributed by atoms with van der Waals surface area (Å²) in [6.45, 7) is 1.02. The largest absolute Gasteiger partial charge is 0.339 e. The van der Waals surface area contributed by atoms with E-state index in [0.717, 1.165) is 31.6 Å². The molecule has 24 heavy (non-hydrogen) atoms. The Hall–Kier alpha value is -1.74. The van der Waals surface area contributed by atoms with Crippen LogP contribution in [0.3, 0.4) is 0 Å². The number of hydrogen-bond donors (Lipinski definition) is 0. The van der Waals surface area contributed by atoms with Crippen LogP contribution in [0, 0.1) is 5.92 Å². The van der Waals surface area contributed by atoms with E-state index in [1.165, 1.54) is 10.6 Å². The molecule has 2 aliphatic rings. The highest BCUT2D eigenvalue weighted by Gasteiger charge is 2.33. The fourth-order valence-electron chi connectivity index (χ4n) is 3.17. The van der Waals surface area contributed by atoms with Gasteiger partial charge in [-0.2, -0.15) is 9.29 Å². The maximum absolute atomic E-state index is 12.7. The first-order valence-electron chi connectivity index (χ1n) is 8.33. The molecule has 0 aromatic carbocycles. The molecular formula is C15H21N5O3S. The monoisotopic (exact) mass is 351 g/mol. The van der Waals surface area contributed by atoms with Gasteiger partial charge in [0.05, 0.1) is 6.33 Å². The number of piperidine rings is 1. The molecule has 1 atom stereocenters. The standard InChI is InChI=1S/C15H21N5O3S/c1-19-9-14(16-10-19)24(21,22)20-6-2-3-11(8-20)7-13-17-15(23-18-13)12-4-5-12/h9-12H,2-8H2,1H3. The van der Waals surface area contributed by atoms with Crippen LogP contribution >= 0.6 is 0 Å². The average Bonchev–Trinajstić information content (AvgIpc) is 3.15. The Balaban J connectivity index is 1.44. The Kier molecular flexibility index (Phi) is 3.92. The lowest BCUT2D eigenvalue weighted by molar-refractivity contribution is 0.260. The zero-order valence-electron chi connectivity index (χ0n) is 13.6. The molecule has 1 aliphatic carbocycles. The average molecular weight is 351 g/mol. The lowest BCUT2D eigenvalue weighted by Crippen LogP contribution is -2.40. The molecule has 1 aliphatic heterocycles. The van der Waals surface area contributed by atoms with Gasteiger partial charge in [-0.1, -0.05) is 5.16 Å². The van der Waals surface area contributed by atoms with Gasteiger partial charge in [0.15, 0.2) is 10.9 Å². The van der Waals surface area contributed by atoms with E-state index in [1.807, 2.05) is 0 Å². The smallest absolute Gasteiger partial charge is 0.262 e. The third kappa shape index (κ3) is 3.10. The molecule has 1 saturated carbocycles. The van der Waals surface area contributed by atoms with Crippen molar-refractivity contribution in [1.82, 2.24) is 24.0 Å². The quantitative estimate of drug-likeness (QED) is 0.806. The van der Waals surface area contributed by atoms with Gasteiger partial charge in [-0.25, -0.2) is 13.4 Å². The molecule has 9 heteroatoms. The van der Waals surface area contributed by atoms with Crippen molar-refractivity contribution in [3.8, 4) is 0 Å². The summed E-state index contributed by atoms with van der Waals surface area (Å²) in [4.78, 5) is 8.45. The third-order valence-electron chi connectivity index (χ3n) is 4.65. The van der Waals surface area contributed by atoms with Crippen molar-refractivity contribution in [3.05, 3.63) is 24.2 Å². The molecule has 1 saturated heterocycles. The van der Waals surface area contributed by atoms with Gasteiger partial charge in [0.2, 0.25) is 5.89 Å². The molecule has 1 unspecified atom stereocenters. The maximum Gasteiger partial charge on any atom is 0.262 e. The summed E-state index contributed by atoms with van der Waals surface area (Å²) in [6, 6.07) is 0. The number of aryl methyl sites for hydroxylation is 1. The van der Waals surface area contributed by atoms with Crippen molar-refractivity contribution < 1.29 is 12.9 Å². The lowest BCUT2D eigenvalue weighted by atomic mass is 9.96. The van der Waals surface area contributed by atoms with Crippen molar-refractivity contribution in [2.24, 2.45) is 13.0 Å². The highest BCUT2D eigenvalue weighted by atomic mass is 32.2. The zero-order chi connectivity index (χ0) is 16.7. The first kappa shape index (κ1) is 15.8. The first-order chi connectivity index (χ1) is 11.5. The molecule has 0 bridgehead atoms. The summed E-state index contributed by atoms with van der Waals surface area (Å²) in [5.41, 5.74) is 0. The van der Waals surface area contributed by atoms with Crippen LogP contribution in [-0.2, 0) is 23.5 Å². The Morgan fingerprint density at radius 1 is 1.33 bits per heavy atom. The van der Waals surface area contributed by atoms with E-state index < -0.39 is 10.0 Å². The van der Waals surface area contributed by atoms with Crippen LogP contribution in [-0.4, -0.2) is 45.5 Å². The highest BCUT2D eigenvalue weighted by Crippen LogP contribution is 2.39. The van der Waals surface area contributed by atoms with Crippen LogP contribution in [0.15, 0.2) is 22.1 Å². The number of hydrogen-bond acceptors (Lipinski definition) is 6. The van der Waals surface area contributed by atoms with E-state index in [-0.39, 0.29) is 10.9 Å². The van der Waals surface area contributed by atoms with Crippen molar-refractivity contribution in [3.63, 3.8) is 0 Å². The van der Waals surface area contributed by atoms with Crippen molar-refractivity contribution in [1.29, 1.82) is 0 Å². The van der Waals surface area contributed by atoms with Gasteiger partial charge < -0.3 is 9.09 Å². The maximum atomic E-state index is 12.7. The van der Waals surface area contributed by atoms with E-state index in [1.54, 1.807) is 17.8 Å². The molecule has 4 rings (SSSR count). The van der Waals surface area contributed by atoms with Crippen LogP contribution in [0.5, 0.6) is 0 Å². The molecule has 0 amide bonds. The van der Waals surface area contributed by atoms with Crippen LogP contribution in [0.2, 0.25) is 0 Å². The molecule has 8 nitrogen and oxygen atoms in total. The van der Waals surface area contributed by atoms with Gasteiger partial charge in [0.25, 0.3) is 10.0 Å². The molecule has 0 radical (unpaired) electrons. The minimum Gasteiger partial charge on any atom is -0.339 e. The second-order valence-electron chi connectivity index (χ2n) is 6.78. The number of rotatable bonds is 5. The number of nitrogens with zero attached hydrogens (tertiary/aromatic N) is 5. The fourth-order valence-corrected chi connectivity index (χ4v) is 4.69. The summed E-state index contributed by atoms with van der Waals surface area (Å²) in [5.74, 6) is 2.08.